The van der Waals surface area contributed by atoms with Crippen molar-refractivity contribution in [2.45, 2.75) is 31.8 Å². The molecule has 130 valence electrons. The van der Waals surface area contributed by atoms with Crippen LogP contribution in [0.2, 0.25) is 0 Å². The summed E-state index contributed by atoms with van der Waals surface area (Å²) in [6.45, 7) is 0.635. The van der Waals surface area contributed by atoms with E-state index in [9.17, 15) is 13.2 Å². The van der Waals surface area contributed by atoms with Crippen LogP contribution in [0.1, 0.15) is 19.3 Å². The molecule has 0 saturated heterocycles. The Labute approximate surface area is 141 Å². The Kier molecular flexibility index (Phi) is 4.86. The van der Waals surface area contributed by atoms with Crippen molar-refractivity contribution in [1.29, 1.82) is 0 Å². The van der Waals surface area contributed by atoms with Gasteiger partial charge in [0.05, 0.1) is 18.0 Å². The molecule has 1 aromatic carbocycles. The molecule has 1 heterocycles. The lowest BCUT2D eigenvalue weighted by Gasteiger charge is -2.20. The molecule has 8 heteroatoms. The fourth-order valence-electron chi connectivity index (χ4n) is 3.30. The van der Waals surface area contributed by atoms with Crippen molar-refractivity contribution in [3.8, 4) is 0 Å². The summed E-state index contributed by atoms with van der Waals surface area (Å²) in [6, 6.07) is 7.64. The third-order valence-corrected chi connectivity index (χ3v) is 5.16. The zero-order chi connectivity index (χ0) is 17.2. The van der Waals surface area contributed by atoms with Gasteiger partial charge in [0, 0.05) is 18.0 Å². The van der Waals surface area contributed by atoms with Gasteiger partial charge < -0.3 is 5.32 Å². The minimum Gasteiger partial charge on any atom is -0.354 e. The summed E-state index contributed by atoms with van der Waals surface area (Å²) in [7, 11) is -3.22. The molecule has 1 saturated carbocycles. The van der Waals surface area contributed by atoms with Gasteiger partial charge in [0.2, 0.25) is 15.9 Å². The lowest BCUT2D eigenvalue weighted by atomic mass is 10.0. The molecule has 3 rings (SSSR count). The summed E-state index contributed by atoms with van der Waals surface area (Å²) >= 11 is 0. The first-order valence-corrected chi connectivity index (χ1v) is 9.96. The van der Waals surface area contributed by atoms with E-state index in [0.29, 0.717) is 6.54 Å². The first kappa shape index (κ1) is 16.9. The summed E-state index contributed by atoms with van der Waals surface area (Å²) in [5, 5.41) is 8.15. The second-order valence-electron chi connectivity index (χ2n) is 6.35. The van der Waals surface area contributed by atoms with Gasteiger partial charge in [-0.3, -0.25) is 9.48 Å². The molecule has 0 aliphatic heterocycles. The molecule has 1 amide bonds. The Morgan fingerprint density at radius 2 is 2.12 bits per heavy atom. The summed E-state index contributed by atoms with van der Waals surface area (Å²) in [6.07, 6.45) is 5.61. The molecule has 1 aliphatic carbocycles. The van der Waals surface area contributed by atoms with Crippen molar-refractivity contribution in [1.82, 2.24) is 19.8 Å². The number of para-hydroxylation sites is 1. The van der Waals surface area contributed by atoms with Crippen LogP contribution in [0, 0.1) is 5.92 Å². The van der Waals surface area contributed by atoms with Crippen LogP contribution >= 0.6 is 0 Å². The number of carbonyl (C=O) groups is 1. The molecule has 24 heavy (non-hydrogen) atoms. The van der Waals surface area contributed by atoms with Gasteiger partial charge >= 0.3 is 0 Å². The number of amides is 1. The lowest BCUT2D eigenvalue weighted by Crippen LogP contribution is -2.42. The van der Waals surface area contributed by atoms with Crippen LogP contribution in [-0.4, -0.2) is 42.9 Å². The molecule has 0 unspecified atom stereocenters. The third-order valence-electron chi connectivity index (χ3n) is 4.43. The Morgan fingerprint density at radius 3 is 2.92 bits per heavy atom. The number of rotatable bonds is 6. The highest BCUT2D eigenvalue weighted by Crippen LogP contribution is 2.25. The molecule has 0 bridgehead atoms. The van der Waals surface area contributed by atoms with Crippen LogP contribution in [0.3, 0.4) is 0 Å². The van der Waals surface area contributed by atoms with E-state index in [1.807, 2.05) is 24.3 Å². The Balaban J connectivity index is 1.55. The molecule has 2 N–H and O–H groups in total. The highest BCUT2D eigenvalue weighted by atomic mass is 32.2. The number of benzene rings is 1. The number of aromatic nitrogens is 2. The van der Waals surface area contributed by atoms with Crippen molar-refractivity contribution in [3.05, 3.63) is 30.5 Å². The standard InChI is InChI=1S/C16H22N4O3S/c1-24(22,23)19-14-7-4-6-12(14)9-17-16(21)11-20-15-8-3-2-5-13(15)10-18-20/h2-3,5,8,10,12,14,19H,4,6-7,9,11H2,1H3,(H,17,21)/t12-,14-/m0/s1. The van der Waals surface area contributed by atoms with Crippen LogP contribution in [0.4, 0.5) is 0 Å². The van der Waals surface area contributed by atoms with Gasteiger partial charge in [0.1, 0.15) is 6.54 Å². The number of hydrogen-bond acceptors (Lipinski definition) is 4. The fraction of sp³-hybridized carbons (Fsp3) is 0.500. The topological polar surface area (TPSA) is 93.1 Å². The summed E-state index contributed by atoms with van der Waals surface area (Å²) in [5.41, 5.74) is 0.921. The summed E-state index contributed by atoms with van der Waals surface area (Å²) in [5.74, 6) is 0.0203. The summed E-state index contributed by atoms with van der Waals surface area (Å²) < 4.78 is 27.1. The molecule has 0 spiro atoms. The smallest absolute Gasteiger partial charge is 0.241 e. The maximum Gasteiger partial charge on any atom is 0.241 e. The van der Waals surface area contributed by atoms with Crippen LogP contribution in [0.5, 0.6) is 0 Å². The van der Waals surface area contributed by atoms with Crippen LogP contribution < -0.4 is 10.0 Å². The van der Waals surface area contributed by atoms with E-state index in [0.717, 1.165) is 30.2 Å². The van der Waals surface area contributed by atoms with E-state index in [1.54, 1.807) is 10.9 Å². The number of fused-ring (bicyclic) bond motifs is 1. The van der Waals surface area contributed by atoms with Gasteiger partial charge in [0.25, 0.3) is 0 Å². The van der Waals surface area contributed by atoms with Crippen molar-refractivity contribution in [3.63, 3.8) is 0 Å². The average Bonchev–Trinajstić information content (AvgIpc) is 3.11. The number of carbonyl (C=O) groups excluding carboxylic acids is 1. The van der Waals surface area contributed by atoms with E-state index in [-0.39, 0.29) is 24.4 Å². The SMILES string of the molecule is CS(=O)(=O)N[C@H]1CCC[C@H]1CNC(=O)Cn1ncc2ccccc21. The van der Waals surface area contributed by atoms with Crippen molar-refractivity contribution >= 4 is 26.8 Å². The second kappa shape index (κ2) is 6.90. The van der Waals surface area contributed by atoms with Gasteiger partial charge in [-0.2, -0.15) is 5.10 Å². The highest BCUT2D eigenvalue weighted by Gasteiger charge is 2.29. The monoisotopic (exact) mass is 350 g/mol. The van der Waals surface area contributed by atoms with Crippen molar-refractivity contribution < 1.29 is 13.2 Å². The minimum atomic E-state index is -3.22. The first-order chi connectivity index (χ1) is 11.4. The number of sulfonamides is 1. The molecular weight excluding hydrogens is 328 g/mol. The first-order valence-electron chi connectivity index (χ1n) is 8.07. The predicted octanol–water partition coefficient (Wildman–Crippen LogP) is 0.870. The molecule has 0 radical (unpaired) electrons. The Bertz CT molecular complexity index is 831. The molecule has 1 aromatic heterocycles. The van der Waals surface area contributed by atoms with E-state index < -0.39 is 10.0 Å². The normalized spacial score (nSPS) is 21.2. The van der Waals surface area contributed by atoms with Crippen LogP contribution in [0.25, 0.3) is 10.9 Å². The highest BCUT2D eigenvalue weighted by molar-refractivity contribution is 7.88. The van der Waals surface area contributed by atoms with Gasteiger partial charge in [-0.15, -0.1) is 0 Å². The van der Waals surface area contributed by atoms with Crippen molar-refractivity contribution in [2.24, 2.45) is 5.92 Å². The zero-order valence-corrected chi connectivity index (χ0v) is 14.4. The quantitative estimate of drug-likeness (QED) is 0.808. The van der Waals surface area contributed by atoms with E-state index >= 15 is 0 Å². The lowest BCUT2D eigenvalue weighted by molar-refractivity contribution is -0.121. The number of nitrogens with zero attached hydrogens (tertiary/aromatic N) is 2. The second-order valence-corrected chi connectivity index (χ2v) is 8.13. The molecule has 1 aliphatic rings. The van der Waals surface area contributed by atoms with Gasteiger partial charge in [-0.1, -0.05) is 24.6 Å². The van der Waals surface area contributed by atoms with E-state index in [1.165, 1.54) is 6.26 Å². The third kappa shape index (κ3) is 4.12. The number of hydrogen-bond donors (Lipinski definition) is 2. The zero-order valence-electron chi connectivity index (χ0n) is 13.6. The molecule has 2 atom stereocenters. The van der Waals surface area contributed by atoms with Crippen LogP contribution in [0.15, 0.2) is 30.5 Å². The largest absolute Gasteiger partial charge is 0.354 e. The van der Waals surface area contributed by atoms with Gasteiger partial charge in [0.15, 0.2) is 0 Å². The van der Waals surface area contributed by atoms with Crippen LogP contribution in [-0.2, 0) is 21.4 Å². The molecule has 7 nitrogen and oxygen atoms in total. The van der Waals surface area contributed by atoms with E-state index in [4.69, 9.17) is 0 Å². The maximum absolute atomic E-state index is 12.2. The minimum absolute atomic E-state index is 0.0918. The molecule has 2 aromatic rings. The van der Waals surface area contributed by atoms with E-state index in [2.05, 4.69) is 15.1 Å². The molecular formula is C16H22N4O3S. The summed E-state index contributed by atoms with van der Waals surface area (Å²) in [4.78, 5) is 12.2. The maximum atomic E-state index is 12.2. The Hall–Kier alpha value is -1.93. The fourth-order valence-corrected chi connectivity index (χ4v) is 4.16. The van der Waals surface area contributed by atoms with Gasteiger partial charge in [-0.05, 0) is 24.8 Å². The Morgan fingerprint density at radius 1 is 1.33 bits per heavy atom. The van der Waals surface area contributed by atoms with Crippen molar-refractivity contribution in [2.75, 3.05) is 12.8 Å². The molecule has 1 fully saturated rings. The predicted molar refractivity (Wildman–Crippen MR) is 91.9 cm³/mol. The van der Waals surface area contributed by atoms with Gasteiger partial charge in [-0.25, -0.2) is 13.1 Å². The number of nitrogens with one attached hydrogen (secondary N) is 2. The average molecular weight is 350 g/mol.